The highest BCUT2D eigenvalue weighted by molar-refractivity contribution is 5.03. The highest BCUT2D eigenvalue weighted by atomic mass is 15.1. The van der Waals surface area contributed by atoms with Gasteiger partial charge < -0.3 is 5.73 Å². The second-order valence-electron chi connectivity index (χ2n) is 3.24. The number of nitrogens with zero attached hydrogens (tertiary/aromatic N) is 5. The summed E-state index contributed by atoms with van der Waals surface area (Å²) in [4.78, 5) is 10.5. The first kappa shape index (κ1) is 17.6. The fourth-order valence-electron chi connectivity index (χ4n) is 1.11. The number of rotatable bonds is 3. The minimum Gasteiger partial charge on any atom is -0.325 e. The molecule has 2 heterocycles. The van der Waals surface area contributed by atoms with Gasteiger partial charge in [0.15, 0.2) is 0 Å². The molecule has 0 aliphatic carbocycles. The number of nitrogens with two attached hydrogens (primary N) is 1. The lowest BCUT2D eigenvalue weighted by Crippen LogP contribution is -1.97. The Bertz CT molecular complexity index is 480. The number of hydrogen-bond donors (Lipinski definition) is 1. The largest absolute Gasteiger partial charge is 0.325 e. The standard InChI is InChI=1S/C6H6N4.C6H8N2.C2H6/c7-10-9-5-6-3-1-2-4-8-6;7-5-6-3-1-2-4-8-6;1-2/h1-4H,5H2;1-4H,5,7H2;1-2H3. The molecule has 6 nitrogen and oxygen atoms in total. The summed E-state index contributed by atoms with van der Waals surface area (Å²) in [6.07, 6.45) is 3.41. The van der Waals surface area contributed by atoms with Crippen LogP contribution < -0.4 is 5.73 Å². The average molecular weight is 272 g/mol. The molecule has 0 saturated carbocycles. The molecule has 0 spiro atoms. The smallest absolute Gasteiger partial charge is 0.0684 e. The first-order valence-electron chi connectivity index (χ1n) is 6.37. The van der Waals surface area contributed by atoms with Crippen LogP contribution in [-0.2, 0) is 13.1 Å². The van der Waals surface area contributed by atoms with Gasteiger partial charge in [-0.1, -0.05) is 31.1 Å². The van der Waals surface area contributed by atoms with Gasteiger partial charge in [0.2, 0.25) is 0 Å². The van der Waals surface area contributed by atoms with Gasteiger partial charge in [-0.15, -0.1) is 0 Å². The molecule has 0 aliphatic rings. The van der Waals surface area contributed by atoms with Gasteiger partial charge in [-0.05, 0) is 29.8 Å². The van der Waals surface area contributed by atoms with Crippen LogP contribution >= 0.6 is 0 Å². The fourth-order valence-corrected chi connectivity index (χ4v) is 1.11. The first-order valence-corrected chi connectivity index (χ1v) is 6.37. The van der Waals surface area contributed by atoms with Crippen LogP contribution in [0.2, 0.25) is 0 Å². The topological polar surface area (TPSA) is 101 Å². The van der Waals surface area contributed by atoms with E-state index in [1.165, 1.54) is 0 Å². The first-order chi connectivity index (χ1) is 9.86. The molecule has 6 heteroatoms. The minimum atomic E-state index is 0.331. The van der Waals surface area contributed by atoms with Crippen molar-refractivity contribution in [3.05, 3.63) is 70.6 Å². The summed E-state index contributed by atoms with van der Waals surface area (Å²) in [7, 11) is 0. The number of azide groups is 1. The van der Waals surface area contributed by atoms with E-state index in [4.69, 9.17) is 11.3 Å². The van der Waals surface area contributed by atoms with Gasteiger partial charge in [-0.2, -0.15) is 0 Å². The van der Waals surface area contributed by atoms with Crippen molar-refractivity contribution in [3.8, 4) is 0 Å². The highest BCUT2D eigenvalue weighted by Gasteiger charge is 1.85. The summed E-state index contributed by atoms with van der Waals surface area (Å²) in [5.74, 6) is 0. The third-order valence-corrected chi connectivity index (χ3v) is 1.96. The van der Waals surface area contributed by atoms with E-state index in [0.717, 1.165) is 11.4 Å². The molecule has 0 saturated heterocycles. The van der Waals surface area contributed by atoms with Crippen LogP contribution in [0.15, 0.2) is 53.9 Å². The summed E-state index contributed by atoms with van der Waals surface area (Å²) in [6, 6.07) is 11.2. The Labute approximate surface area is 119 Å². The van der Waals surface area contributed by atoms with Gasteiger partial charge in [-0.3, -0.25) is 9.97 Å². The van der Waals surface area contributed by atoms with Crippen molar-refractivity contribution in [2.24, 2.45) is 10.8 Å². The molecule has 0 atom stereocenters. The highest BCUT2D eigenvalue weighted by Crippen LogP contribution is 1.94. The zero-order chi connectivity index (χ0) is 15.1. The molecular formula is C14H20N6. The predicted octanol–water partition coefficient (Wildman–Crippen LogP) is 3.46. The SMILES string of the molecule is CC.NCc1ccccn1.[N-]=[N+]=NCc1ccccn1. The van der Waals surface area contributed by atoms with E-state index in [0.29, 0.717) is 13.1 Å². The quantitative estimate of drug-likeness (QED) is 0.526. The van der Waals surface area contributed by atoms with E-state index in [-0.39, 0.29) is 0 Å². The average Bonchev–Trinajstić information content (AvgIpc) is 2.57. The summed E-state index contributed by atoms with van der Waals surface area (Å²) < 4.78 is 0. The Morgan fingerprint density at radius 2 is 1.60 bits per heavy atom. The maximum atomic E-state index is 7.96. The van der Waals surface area contributed by atoms with Gasteiger partial charge in [0.1, 0.15) is 0 Å². The van der Waals surface area contributed by atoms with Crippen molar-refractivity contribution in [1.82, 2.24) is 9.97 Å². The van der Waals surface area contributed by atoms with Crippen LogP contribution in [-0.4, -0.2) is 9.97 Å². The molecule has 20 heavy (non-hydrogen) atoms. The lowest BCUT2D eigenvalue weighted by Gasteiger charge is -1.89. The zero-order valence-electron chi connectivity index (χ0n) is 11.8. The van der Waals surface area contributed by atoms with Crippen molar-refractivity contribution in [1.29, 1.82) is 0 Å². The van der Waals surface area contributed by atoms with Gasteiger partial charge in [0, 0.05) is 29.5 Å². The van der Waals surface area contributed by atoms with Gasteiger partial charge >= 0.3 is 0 Å². The van der Waals surface area contributed by atoms with Crippen molar-refractivity contribution >= 4 is 0 Å². The van der Waals surface area contributed by atoms with Crippen molar-refractivity contribution < 1.29 is 0 Å². The van der Waals surface area contributed by atoms with Crippen LogP contribution in [0, 0.1) is 0 Å². The molecule has 0 aromatic carbocycles. The van der Waals surface area contributed by atoms with E-state index in [1.807, 2.05) is 50.2 Å². The molecule has 106 valence electrons. The summed E-state index contributed by atoms with van der Waals surface area (Å²) in [6.45, 7) is 4.86. The van der Waals surface area contributed by atoms with Gasteiger partial charge in [0.05, 0.1) is 12.2 Å². The molecule has 0 amide bonds. The molecule has 0 bridgehead atoms. The van der Waals surface area contributed by atoms with Crippen molar-refractivity contribution in [2.45, 2.75) is 26.9 Å². The number of aromatic nitrogens is 2. The van der Waals surface area contributed by atoms with E-state index in [9.17, 15) is 0 Å². The van der Waals surface area contributed by atoms with Crippen LogP contribution in [0.25, 0.3) is 10.4 Å². The Morgan fingerprint density at radius 1 is 1.05 bits per heavy atom. The van der Waals surface area contributed by atoms with Crippen LogP contribution in [0.1, 0.15) is 25.2 Å². The molecule has 0 radical (unpaired) electrons. The predicted molar refractivity (Wildman–Crippen MR) is 80.6 cm³/mol. The third-order valence-electron chi connectivity index (χ3n) is 1.96. The van der Waals surface area contributed by atoms with Crippen molar-refractivity contribution in [3.63, 3.8) is 0 Å². The van der Waals surface area contributed by atoms with E-state index in [2.05, 4.69) is 20.0 Å². The minimum absolute atomic E-state index is 0.331. The summed E-state index contributed by atoms with van der Waals surface area (Å²) in [5.41, 5.74) is 15.0. The summed E-state index contributed by atoms with van der Waals surface area (Å²) >= 11 is 0. The van der Waals surface area contributed by atoms with Crippen LogP contribution in [0.3, 0.4) is 0 Å². The second kappa shape index (κ2) is 13.0. The van der Waals surface area contributed by atoms with Crippen LogP contribution in [0.5, 0.6) is 0 Å². The monoisotopic (exact) mass is 272 g/mol. The Kier molecular flexibility index (Phi) is 11.4. The Hall–Kier alpha value is -2.43. The molecule has 0 fully saturated rings. The van der Waals surface area contributed by atoms with Crippen LogP contribution in [0.4, 0.5) is 0 Å². The Balaban J connectivity index is 0.000000327. The lowest BCUT2D eigenvalue weighted by molar-refractivity contribution is 0.976. The second-order valence-corrected chi connectivity index (χ2v) is 3.24. The summed E-state index contributed by atoms with van der Waals surface area (Å²) in [5, 5.41) is 3.36. The third kappa shape index (κ3) is 8.63. The zero-order valence-corrected chi connectivity index (χ0v) is 11.8. The molecule has 2 aromatic rings. The van der Waals surface area contributed by atoms with Crippen molar-refractivity contribution in [2.75, 3.05) is 0 Å². The fraction of sp³-hybridized carbons (Fsp3) is 0.286. The molecule has 2 aromatic heterocycles. The lowest BCUT2D eigenvalue weighted by atomic mass is 10.4. The maximum absolute atomic E-state index is 7.96. The maximum Gasteiger partial charge on any atom is 0.0684 e. The van der Waals surface area contributed by atoms with E-state index < -0.39 is 0 Å². The van der Waals surface area contributed by atoms with Gasteiger partial charge in [-0.25, -0.2) is 0 Å². The molecular weight excluding hydrogens is 252 g/mol. The molecule has 2 rings (SSSR count). The van der Waals surface area contributed by atoms with Gasteiger partial charge in [0.25, 0.3) is 0 Å². The van der Waals surface area contributed by atoms with E-state index in [1.54, 1.807) is 12.4 Å². The number of hydrogen-bond acceptors (Lipinski definition) is 4. The number of pyridine rings is 2. The molecule has 0 aliphatic heterocycles. The normalized spacial score (nSPS) is 8.15. The molecule has 0 unspecified atom stereocenters. The Morgan fingerprint density at radius 3 is 1.95 bits per heavy atom. The molecule has 2 N–H and O–H groups in total. The van der Waals surface area contributed by atoms with E-state index >= 15 is 0 Å².